The van der Waals surface area contributed by atoms with Crippen LogP contribution in [0.2, 0.25) is 0 Å². The van der Waals surface area contributed by atoms with Gasteiger partial charge in [0.05, 0.1) is 5.75 Å². The standard InChI is InChI=1S/C12H13NO2S/c1-2-16(14,15)12(9-6-10-13-12)11-7-4-3-5-8-11/h3-10H,2H2,1H3. The molecule has 0 saturated heterocycles. The van der Waals surface area contributed by atoms with Crippen molar-refractivity contribution in [2.24, 2.45) is 4.99 Å². The van der Waals surface area contributed by atoms with Gasteiger partial charge in [-0.15, -0.1) is 0 Å². The number of benzene rings is 1. The van der Waals surface area contributed by atoms with Crippen LogP contribution in [0.1, 0.15) is 12.5 Å². The zero-order chi connectivity index (χ0) is 11.6. The van der Waals surface area contributed by atoms with Crippen molar-refractivity contribution >= 4 is 16.1 Å². The van der Waals surface area contributed by atoms with Crippen LogP contribution in [-0.4, -0.2) is 20.4 Å². The second-order valence-electron chi connectivity index (χ2n) is 3.60. The molecule has 1 aromatic carbocycles. The molecule has 1 aromatic rings. The Kier molecular flexibility index (Phi) is 2.68. The molecule has 16 heavy (non-hydrogen) atoms. The molecule has 0 bridgehead atoms. The first-order valence-electron chi connectivity index (χ1n) is 5.13. The molecular formula is C12H13NO2S. The van der Waals surface area contributed by atoms with E-state index in [-0.39, 0.29) is 5.75 Å². The number of hydrogen-bond acceptors (Lipinski definition) is 3. The molecular weight excluding hydrogens is 222 g/mol. The summed E-state index contributed by atoms with van der Waals surface area (Å²) in [5.41, 5.74) is 0.696. The molecule has 0 aliphatic carbocycles. The summed E-state index contributed by atoms with van der Waals surface area (Å²) >= 11 is 0. The fourth-order valence-corrected chi connectivity index (χ4v) is 3.24. The van der Waals surface area contributed by atoms with E-state index in [9.17, 15) is 8.42 Å². The van der Waals surface area contributed by atoms with Crippen LogP contribution in [0.25, 0.3) is 0 Å². The smallest absolute Gasteiger partial charge is 0.204 e. The van der Waals surface area contributed by atoms with Crippen LogP contribution in [0.15, 0.2) is 47.5 Å². The molecule has 1 atom stereocenters. The minimum Gasteiger partial charge on any atom is -0.261 e. The molecule has 84 valence electrons. The highest BCUT2D eigenvalue weighted by Crippen LogP contribution is 2.36. The van der Waals surface area contributed by atoms with Crippen LogP contribution in [0.4, 0.5) is 0 Å². The van der Waals surface area contributed by atoms with Gasteiger partial charge in [-0.3, -0.25) is 4.99 Å². The van der Waals surface area contributed by atoms with Gasteiger partial charge < -0.3 is 0 Å². The van der Waals surface area contributed by atoms with Gasteiger partial charge in [0.2, 0.25) is 4.87 Å². The number of sulfone groups is 1. The highest BCUT2D eigenvalue weighted by Gasteiger charge is 2.42. The number of nitrogens with zero attached hydrogens (tertiary/aromatic N) is 1. The molecule has 3 nitrogen and oxygen atoms in total. The fraction of sp³-hybridized carbons (Fsp3) is 0.250. The average molecular weight is 235 g/mol. The zero-order valence-corrected chi connectivity index (χ0v) is 9.81. The molecule has 4 heteroatoms. The molecule has 2 rings (SSSR count). The van der Waals surface area contributed by atoms with E-state index in [1.54, 1.807) is 37.4 Å². The van der Waals surface area contributed by atoms with E-state index in [4.69, 9.17) is 0 Å². The van der Waals surface area contributed by atoms with Crippen LogP contribution < -0.4 is 0 Å². The molecule has 1 heterocycles. The Morgan fingerprint density at radius 3 is 2.44 bits per heavy atom. The highest BCUT2D eigenvalue weighted by molar-refractivity contribution is 7.92. The zero-order valence-electron chi connectivity index (χ0n) is 9.00. The lowest BCUT2D eigenvalue weighted by atomic mass is 10.1. The molecule has 0 fully saturated rings. The second-order valence-corrected chi connectivity index (χ2v) is 6.03. The molecule has 0 spiro atoms. The number of aliphatic imine (C=N–C) groups is 1. The van der Waals surface area contributed by atoms with Crippen LogP contribution in [0.3, 0.4) is 0 Å². The molecule has 0 saturated carbocycles. The SMILES string of the molecule is CCS(=O)(=O)C1(c2ccccc2)C=CC=N1. The molecule has 1 unspecified atom stereocenters. The first-order chi connectivity index (χ1) is 7.62. The van der Waals surface area contributed by atoms with Gasteiger partial charge in [-0.2, -0.15) is 0 Å². The molecule has 0 radical (unpaired) electrons. The fourth-order valence-electron chi connectivity index (χ4n) is 1.80. The topological polar surface area (TPSA) is 46.5 Å². The van der Waals surface area contributed by atoms with Crippen molar-refractivity contribution in [3.05, 3.63) is 48.0 Å². The van der Waals surface area contributed by atoms with Gasteiger partial charge in [-0.25, -0.2) is 8.42 Å². The van der Waals surface area contributed by atoms with Gasteiger partial charge in [0.1, 0.15) is 0 Å². The monoisotopic (exact) mass is 235 g/mol. The van der Waals surface area contributed by atoms with Crippen LogP contribution in [-0.2, 0) is 14.7 Å². The Bertz CT molecular complexity index is 517. The molecule has 1 aliphatic heterocycles. The van der Waals surface area contributed by atoms with Gasteiger partial charge in [-0.1, -0.05) is 37.3 Å². The Morgan fingerprint density at radius 1 is 1.25 bits per heavy atom. The van der Waals surface area contributed by atoms with Crippen LogP contribution >= 0.6 is 0 Å². The van der Waals surface area contributed by atoms with E-state index in [1.165, 1.54) is 0 Å². The second kappa shape index (κ2) is 3.87. The maximum absolute atomic E-state index is 12.2. The van der Waals surface area contributed by atoms with Crippen molar-refractivity contribution in [3.8, 4) is 0 Å². The van der Waals surface area contributed by atoms with Crippen LogP contribution in [0.5, 0.6) is 0 Å². The summed E-state index contributed by atoms with van der Waals surface area (Å²) in [4.78, 5) is 2.95. The summed E-state index contributed by atoms with van der Waals surface area (Å²) in [6, 6.07) is 9.09. The Hall–Kier alpha value is -1.42. The van der Waals surface area contributed by atoms with Crippen molar-refractivity contribution in [2.75, 3.05) is 5.75 Å². The molecule has 1 aliphatic rings. The Morgan fingerprint density at radius 2 is 1.94 bits per heavy atom. The van der Waals surface area contributed by atoms with E-state index in [2.05, 4.69) is 4.99 Å². The first kappa shape index (κ1) is 11.1. The summed E-state index contributed by atoms with van der Waals surface area (Å²) in [6.07, 6.45) is 4.86. The minimum absolute atomic E-state index is 0.0730. The van der Waals surface area contributed by atoms with Crippen molar-refractivity contribution in [3.63, 3.8) is 0 Å². The predicted octanol–water partition coefficient (Wildman–Crippen LogP) is 1.91. The lowest BCUT2D eigenvalue weighted by Gasteiger charge is -2.24. The maximum Gasteiger partial charge on any atom is 0.204 e. The quantitative estimate of drug-likeness (QED) is 0.803. The van der Waals surface area contributed by atoms with E-state index in [0.717, 1.165) is 0 Å². The average Bonchev–Trinajstić information content (AvgIpc) is 2.81. The summed E-state index contributed by atoms with van der Waals surface area (Å²) in [7, 11) is -3.30. The highest BCUT2D eigenvalue weighted by atomic mass is 32.2. The Balaban J connectivity index is 2.64. The molecule has 0 N–H and O–H groups in total. The predicted molar refractivity (Wildman–Crippen MR) is 65.2 cm³/mol. The third kappa shape index (κ3) is 1.50. The van der Waals surface area contributed by atoms with Gasteiger partial charge >= 0.3 is 0 Å². The summed E-state index contributed by atoms with van der Waals surface area (Å²) < 4.78 is 24.3. The maximum atomic E-state index is 12.2. The first-order valence-corrected chi connectivity index (χ1v) is 6.78. The van der Waals surface area contributed by atoms with Gasteiger partial charge in [-0.05, 0) is 17.7 Å². The molecule has 0 aromatic heterocycles. The summed E-state index contributed by atoms with van der Waals surface area (Å²) in [5, 5.41) is 0. The third-order valence-electron chi connectivity index (χ3n) is 2.72. The normalized spacial score (nSPS) is 23.8. The number of allylic oxidation sites excluding steroid dienone is 1. The van der Waals surface area contributed by atoms with Crippen molar-refractivity contribution in [1.82, 2.24) is 0 Å². The summed E-state index contributed by atoms with van der Waals surface area (Å²) in [6.45, 7) is 1.64. The van der Waals surface area contributed by atoms with Crippen molar-refractivity contribution in [2.45, 2.75) is 11.8 Å². The lowest BCUT2D eigenvalue weighted by Crippen LogP contribution is -2.32. The van der Waals surface area contributed by atoms with Crippen molar-refractivity contribution < 1.29 is 8.42 Å². The largest absolute Gasteiger partial charge is 0.261 e. The van der Waals surface area contributed by atoms with E-state index >= 15 is 0 Å². The van der Waals surface area contributed by atoms with Gasteiger partial charge in [0, 0.05) is 6.21 Å². The van der Waals surface area contributed by atoms with Crippen molar-refractivity contribution in [1.29, 1.82) is 0 Å². The molecule has 0 amide bonds. The third-order valence-corrected chi connectivity index (χ3v) is 4.90. The van der Waals surface area contributed by atoms with E-state index in [1.807, 2.05) is 18.2 Å². The van der Waals surface area contributed by atoms with E-state index < -0.39 is 14.7 Å². The number of hydrogen-bond donors (Lipinski definition) is 0. The van der Waals surface area contributed by atoms with Gasteiger partial charge in [0.15, 0.2) is 9.84 Å². The van der Waals surface area contributed by atoms with E-state index in [0.29, 0.717) is 5.56 Å². The number of rotatable bonds is 3. The van der Waals surface area contributed by atoms with Gasteiger partial charge in [0.25, 0.3) is 0 Å². The lowest BCUT2D eigenvalue weighted by molar-refractivity contribution is 0.567. The Labute approximate surface area is 95.4 Å². The van der Waals surface area contributed by atoms with Crippen LogP contribution in [0, 0.1) is 0 Å². The minimum atomic E-state index is -3.30. The summed E-state index contributed by atoms with van der Waals surface area (Å²) in [5.74, 6) is 0.0730.